The number of nitro benzene ring substituents is 1. The van der Waals surface area contributed by atoms with E-state index in [1.165, 1.54) is 17.7 Å². The van der Waals surface area contributed by atoms with E-state index >= 15 is 0 Å². The topological polar surface area (TPSA) is 81.0 Å². The quantitative estimate of drug-likeness (QED) is 0.576. The lowest BCUT2D eigenvalue weighted by atomic mass is 10.2. The van der Waals surface area contributed by atoms with Gasteiger partial charge in [0.2, 0.25) is 0 Å². The van der Waals surface area contributed by atoms with Crippen molar-refractivity contribution in [2.45, 2.75) is 13.3 Å². The minimum Gasteiger partial charge on any atom is -0.370 e. The molecule has 0 saturated carbocycles. The summed E-state index contributed by atoms with van der Waals surface area (Å²) in [5, 5.41) is 14.8. The average molecular weight is 308 g/mol. The molecule has 23 heavy (non-hydrogen) atoms. The van der Waals surface area contributed by atoms with E-state index in [0.717, 1.165) is 35.4 Å². The second-order valence-corrected chi connectivity index (χ2v) is 5.32. The van der Waals surface area contributed by atoms with Crippen LogP contribution in [0.2, 0.25) is 0 Å². The molecule has 0 aliphatic rings. The highest BCUT2D eigenvalue weighted by Gasteiger charge is 2.07. The van der Waals surface area contributed by atoms with Gasteiger partial charge in [-0.2, -0.15) is 0 Å². The van der Waals surface area contributed by atoms with Crippen LogP contribution in [-0.2, 0) is 6.42 Å². The molecule has 3 rings (SSSR count). The van der Waals surface area contributed by atoms with Gasteiger partial charge in [0.05, 0.1) is 10.4 Å². The van der Waals surface area contributed by atoms with Crippen LogP contribution >= 0.6 is 0 Å². The first-order valence-electron chi connectivity index (χ1n) is 7.32. The second kappa shape index (κ2) is 6.39. The number of nitrogens with zero attached hydrogens (tertiary/aromatic N) is 3. The number of aromatic nitrogens is 2. The van der Waals surface area contributed by atoms with Crippen molar-refractivity contribution in [2.75, 3.05) is 11.9 Å². The van der Waals surface area contributed by atoms with Crippen LogP contribution in [0.25, 0.3) is 10.9 Å². The largest absolute Gasteiger partial charge is 0.370 e. The lowest BCUT2D eigenvalue weighted by Crippen LogP contribution is -2.06. The summed E-state index contributed by atoms with van der Waals surface area (Å²) < 4.78 is 0. The number of rotatable bonds is 5. The van der Waals surface area contributed by atoms with Crippen molar-refractivity contribution in [2.24, 2.45) is 0 Å². The fourth-order valence-electron chi connectivity index (χ4n) is 2.31. The first kappa shape index (κ1) is 14.9. The minimum atomic E-state index is -0.402. The number of fused-ring (bicyclic) bond motifs is 1. The van der Waals surface area contributed by atoms with Crippen molar-refractivity contribution in [3.05, 3.63) is 70.0 Å². The molecule has 0 bridgehead atoms. The number of aryl methyl sites for hydroxylation is 1. The van der Waals surface area contributed by atoms with Gasteiger partial charge < -0.3 is 5.32 Å². The van der Waals surface area contributed by atoms with E-state index < -0.39 is 4.92 Å². The van der Waals surface area contributed by atoms with Crippen LogP contribution in [0.15, 0.2) is 48.7 Å². The molecule has 0 fully saturated rings. The maximum absolute atomic E-state index is 10.8. The predicted octanol–water partition coefficient (Wildman–Crippen LogP) is 3.50. The Kier molecular flexibility index (Phi) is 4.14. The lowest BCUT2D eigenvalue weighted by Gasteiger charge is -2.07. The van der Waals surface area contributed by atoms with Crippen LogP contribution in [0, 0.1) is 17.0 Å². The first-order valence-corrected chi connectivity index (χ1v) is 7.32. The summed E-state index contributed by atoms with van der Waals surface area (Å²) >= 11 is 0. The molecule has 0 saturated heterocycles. The maximum Gasteiger partial charge on any atom is 0.270 e. The van der Waals surface area contributed by atoms with Crippen molar-refractivity contribution in [3.63, 3.8) is 0 Å². The molecule has 6 nitrogen and oxygen atoms in total. The third-order valence-electron chi connectivity index (χ3n) is 3.58. The average Bonchev–Trinajstić information content (AvgIpc) is 2.56. The van der Waals surface area contributed by atoms with E-state index in [1.54, 1.807) is 6.07 Å². The van der Waals surface area contributed by atoms with Gasteiger partial charge in [0.15, 0.2) is 0 Å². The Balaban J connectivity index is 1.67. The minimum absolute atomic E-state index is 0.0758. The zero-order chi connectivity index (χ0) is 16.2. The van der Waals surface area contributed by atoms with E-state index in [0.29, 0.717) is 0 Å². The summed E-state index contributed by atoms with van der Waals surface area (Å²) in [4.78, 5) is 19.1. The van der Waals surface area contributed by atoms with Crippen LogP contribution in [-0.4, -0.2) is 21.4 Å². The molecule has 1 N–H and O–H groups in total. The van der Waals surface area contributed by atoms with Gasteiger partial charge in [0, 0.05) is 36.0 Å². The molecule has 0 unspecified atom stereocenters. The lowest BCUT2D eigenvalue weighted by molar-refractivity contribution is -0.384. The Labute approximate surface area is 133 Å². The molecule has 116 valence electrons. The second-order valence-electron chi connectivity index (χ2n) is 5.32. The Morgan fingerprint density at radius 2 is 2.04 bits per heavy atom. The van der Waals surface area contributed by atoms with E-state index in [9.17, 15) is 10.1 Å². The number of benzene rings is 1. The number of hydrogen-bond acceptors (Lipinski definition) is 5. The number of nitrogens with one attached hydrogen (secondary N) is 1. The van der Waals surface area contributed by atoms with Crippen LogP contribution < -0.4 is 5.32 Å². The Morgan fingerprint density at radius 3 is 2.78 bits per heavy atom. The van der Waals surface area contributed by atoms with Gasteiger partial charge >= 0.3 is 0 Å². The van der Waals surface area contributed by atoms with Gasteiger partial charge in [0.1, 0.15) is 5.82 Å². The number of hydrogen-bond donors (Lipinski definition) is 1. The van der Waals surface area contributed by atoms with Crippen LogP contribution in [0.5, 0.6) is 0 Å². The summed E-state index contributed by atoms with van der Waals surface area (Å²) in [5.41, 5.74) is 2.98. The number of nitro groups is 1. The van der Waals surface area contributed by atoms with Crippen LogP contribution in [0.1, 0.15) is 11.3 Å². The monoisotopic (exact) mass is 308 g/mol. The molecule has 2 aromatic heterocycles. The van der Waals surface area contributed by atoms with E-state index in [1.807, 2.05) is 31.3 Å². The number of pyridine rings is 2. The molecule has 0 amide bonds. The summed E-state index contributed by atoms with van der Waals surface area (Å²) in [6, 6.07) is 12.4. The summed E-state index contributed by atoms with van der Waals surface area (Å²) in [6.07, 6.45) is 2.73. The summed E-state index contributed by atoms with van der Waals surface area (Å²) in [5.74, 6) is 0.756. The Hall–Kier alpha value is -3.02. The Morgan fingerprint density at radius 1 is 1.17 bits per heavy atom. The third-order valence-corrected chi connectivity index (χ3v) is 3.58. The highest BCUT2D eigenvalue weighted by atomic mass is 16.6. The van der Waals surface area contributed by atoms with Gasteiger partial charge in [0.25, 0.3) is 5.69 Å². The molecule has 0 radical (unpaired) electrons. The molecular weight excluding hydrogens is 292 g/mol. The van der Waals surface area contributed by atoms with Gasteiger partial charge in [-0.05, 0) is 43.2 Å². The highest BCUT2D eigenvalue weighted by Crippen LogP contribution is 2.21. The standard InChI is InChI=1S/C17H16N4O2/c1-12-2-3-13(11-19-12)8-9-18-17-7-4-14-10-15(21(22)23)5-6-16(14)20-17/h2-7,10-11H,8-9H2,1H3,(H,18,20). The fourth-order valence-corrected chi connectivity index (χ4v) is 2.31. The van der Waals surface area contributed by atoms with Crippen LogP contribution in [0.4, 0.5) is 11.5 Å². The molecule has 6 heteroatoms. The van der Waals surface area contributed by atoms with Crippen molar-refractivity contribution in [3.8, 4) is 0 Å². The van der Waals surface area contributed by atoms with E-state index in [2.05, 4.69) is 21.4 Å². The first-order chi connectivity index (χ1) is 11.1. The molecule has 0 aliphatic heterocycles. The molecule has 0 spiro atoms. The fraction of sp³-hybridized carbons (Fsp3) is 0.176. The highest BCUT2D eigenvalue weighted by molar-refractivity contribution is 5.82. The van der Waals surface area contributed by atoms with Crippen molar-refractivity contribution >= 4 is 22.4 Å². The maximum atomic E-state index is 10.8. The summed E-state index contributed by atoms with van der Waals surface area (Å²) in [6.45, 7) is 2.71. The molecule has 0 atom stereocenters. The van der Waals surface area contributed by atoms with Gasteiger partial charge in [-0.25, -0.2) is 4.98 Å². The third kappa shape index (κ3) is 3.60. The van der Waals surface area contributed by atoms with Gasteiger partial charge in [-0.3, -0.25) is 15.1 Å². The molecule has 1 aromatic carbocycles. The Bertz CT molecular complexity index is 847. The predicted molar refractivity (Wildman–Crippen MR) is 89.6 cm³/mol. The molecule has 3 aromatic rings. The summed E-state index contributed by atoms with van der Waals surface area (Å²) in [7, 11) is 0. The van der Waals surface area contributed by atoms with Crippen molar-refractivity contribution < 1.29 is 4.92 Å². The smallest absolute Gasteiger partial charge is 0.270 e. The van der Waals surface area contributed by atoms with Crippen molar-refractivity contribution in [1.29, 1.82) is 0 Å². The SMILES string of the molecule is Cc1ccc(CCNc2ccc3cc([N+](=O)[O-])ccc3n2)cn1. The van der Waals surface area contributed by atoms with Crippen LogP contribution in [0.3, 0.4) is 0 Å². The zero-order valence-electron chi connectivity index (χ0n) is 12.7. The molecule has 0 aliphatic carbocycles. The van der Waals surface area contributed by atoms with E-state index in [-0.39, 0.29) is 5.69 Å². The van der Waals surface area contributed by atoms with Crippen molar-refractivity contribution in [1.82, 2.24) is 9.97 Å². The molecule has 2 heterocycles. The normalized spacial score (nSPS) is 10.7. The zero-order valence-corrected chi connectivity index (χ0v) is 12.7. The van der Waals surface area contributed by atoms with Gasteiger partial charge in [-0.15, -0.1) is 0 Å². The number of non-ortho nitro benzene ring substituents is 1. The molecular formula is C17H16N4O2. The van der Waals surface area contributed by atoms with E-state index in [4.69, 9.17) is 0 Å². The number of anilines is 1. The van der Waals surface area contributed by atoms with Gasteiger partial charge in [-0.1, -0.05) is 6.07 Å².